The summed E-state index contributed by atoms with van der Waals surface area (Å²) in [6.45, 7) is -0.584. The van der Waals surface area contributed by atoms with E-state index in [1.807, 2.05) is 0 Å². The highest BCUT2D eigenvalue weighted by molar-refractivity contribution is 6.33. The Bertz CT molecular complexity index is 1150. The molecule has 0 saturated heterocycles. The number of nitro groups is 1. The van der Waals surface area contributed by atoms with Gasteiger partial charge in [-0.25, -0.2) is 0 Å². The number of nitrogens with zero attached hydrogens (tertiary/aromatic N) is 1. The van der Waals surface area contributed by atoms with E-state index in [1.54, 1.807) is 48.5 Å². The second-order valence-corrected chi connectivity index (χ2v) is 7.10. The summed E-state index contributed by atoms with van der Waals surface area (Å²) in [6, 6.07) is 17.9. The van der Waals surface area contributed by atoms with Crippen molar-refractivity contribution in [2.75, 3.05) is 11.9 Å². The number of non-ortho nitro benzene ring substituents is 1. The van der Waals surface area contributed by atoms with E-state index in [1.165, 1.54) is 12.1 Å². The lowest BCUT2D eigenvalue weighted by Crippen LogP contribution is -2.26. The molecule has 0 radical (unpaired) electrons. The van der Waals surface area contributed by atoms with Gasteiger partial charge in [-0.3, -0.25) is 19.7 Å². The lowest BCUT2D eigenvalue weighted by atomic mass is 9.88. The molecule has 3 aromatic rings. The molecule has 9 heteroatoms. The number of carbonyl (C=O) groups excluding carboxylic acids is 2. The zero-order valence-electron chi connectivity index (χ0n) is 15.9. The summed E-state index contributed by atoms with van der Waals surface area (Å²) in [6.07, 6.45) is 0. The van der Waals surface area contributed by atoms with Gasteiger partial charge >= 0.3 is 5.97 Å². The van der Waals surface area contributed by atoms with Crippen LogP contribution < -0.4 is 10.1 Å². The minimum absolute atomic E-state index is 0.0543. The Morgan fingerprint density at radius 1 is 1.03 bits per heavy atom. The molecule has 0 aliphatic carbocycles. The van der Waals surface area contributed by atoms with Crippen LogP contribution in [0.1, 0.15) is 17.0 Å². The third-order valence-electron chi connectivity index (χ3n) is 4.70. The normalized spacial score (nSPS) is 12.2. The summed E-state index contributed by atoms with van der Waals surface area (Å²) < 4.78 is 11.1. The zero-order valence-corrected chi connectivity index (χ0v) is 16.7. The van der Waals surface area contributed by atoms with Gasteiger partial charge in [-0.05, 0) is 18.2 Å². The number of halogens is 1. The number of hydrogen-bond acceptors (Lipinski definition) is 6. The van der Waals surface area contributed by atoms with Crippen LogP contribution in [0.15, 0.2) is 66.7 Å². The minimum Gasteiger partial charge on any atom is -0.457 e. The summed E-state index contributed by atoms with van der Waals surface area (Å²) >= 11 is 5.98. The molecule has 0 fully saturated rings. The summed E-state index contributed by atoms with van der Waals surface area (Å²) in [7, 11) is 0. The van der Waals surface area contributed by atoms with Gasteiger partial charge in [0.15, 0.2) is 6.61 Å². The second kappa shape index (κ2) is 8.45. The largest absolute Gasteiger partial charge is 0.457 e. The molecule has 31 heavy (non-hydrogen) atoms. The first kappa shape index (κ1) is 20.4. The molecule has 1 amide bonds. The topological polar surface area (TPSA) is 108 Å². The third-order valence-corrected chi connectivity index (χ3v) is 5.03. The summed E-state index contributed by atoms with van der Waals surface area (Å²) in [5, 5.41) is 13.5. The van der Waals surface area contributed by atoms with Crippen molar-refractivity contribution in [2.45, 2.75) is 5.92 Å². The maximum absolute atomic E-state index is 12.9. The zero-order chi connectivity index (χ0) is 22.0. The summed E-state index contributed by atoms with van der Waals surface area (Å²) in [4.78, 5) is 35.5. The molecule has 156 valence electrons. The van der Waals surface area contributed by atoms with E-state index >= 15 is 0 Å². The predicted octanol–water partition coefficient (Wildman–Crippen LogP) is 4.67. The first-order chi connectivity index (χ1) is 14.9. The Morgan fingerprint density at radius 2 is 1.65 bits per heavy atom. The van der Waals surface area contributed by atoms with E-state index in [9.17, 15) is 19.7 Å². The van der Waals surface area contributed by atoms with E-state index in [4.69, 9.17) is 21.1 Å². The molecular weight excluding hydrogens is 424 g/mol. The van der Waals surface area contributed by atoms with Crippen molar-refractivity contribution < 1.29 is 24.0 Å². The quantitative estimate of drug-likeness (QED) is 0.352. The summed E-state index contributed by atoms with van der Waals surface area (Å²) in [5.41, 5.74) is 1.09. The Labute approximate surface area is 181 Å². The average molecular weight is 439 g/mol. The number of esters is 1. The molecule has 0 bridgehead atoms. The van der Waals surface area contributed by atoms with Crippen molar-refractivity contribution in [3.8, 4) is 11.5 Å². The van der Waals surface area contributed by atoms with Crippen LogP contribution in [0.2, 0.25) is 5.02 Å². The number of anilines is 1. The van der Waals surface area contributed by atoms with Gasteiger partial charge in [-0.15, -0.1) is 0 Å². The molecule has 0 aromatic heterocycles. The van der Waals surface area contributed by atoms with Gasteiger partial charge in [0.1, 0.15) is 17.4 Å². The molecule has 4 rings (SSSR count). The molecule has 0 spiro atoms. The Morgan fingerprint density at radius 3 is 2.26 bits per heavy atom. The van der Waals surface area contributed by atoms with Gasteiger partial charge < -0.3 is 14.8 Å². The first-order valence-corrected chi connectivity index (χ1v) is 9.58. The van der Waals surface area contributed by atoms with Crippen LogP contribution in [-0.2, 0) is 14.3 Å². The maximum Gasteiger partial charge on any atom is 0.318 e. The van der Waals surface area contributed by atoms with Gasteiger partial charge in [0.05, 0.1) is 15.6 Å². The van der Waals surface area contributed by atoms with Gasteiger partial charge in [0.25, 0.3) is 11.6 Å². The second-order valence-electron chi connectivity index (χ2n) is 6.69. The molecular formula is C22H15ClN2O6. The molecule has 1 aliphatic rings. The lowest BCUT2D eigenvalue weighted by Gasteiger charge is -2.26. The average Bonchev–Trinajstić information content (AvgIpc) is 2.77. The molecule has 8 nitrogen and oxygen atoms in total. The number of hydrogen-bond donors (Lipinski definition) is 1. The maximum atomic E-state index is 12.9. The van der Waals surface area contributed by atoms with E-state index < -0.39 is 29.3 Å². The summed E-state index contributed by atoms with van der Waals surface area (Å²) in [5.74, 6) is -0.977. The van der Waals surface area contributed by atoms with Gasteiger partial charge in [0.2, 0.25) is 0 Å². The lowest BCUT2D eigenvalue weighted by molar-refractivity contribution is -0.384. The molecule has 0 atom stereocenters. The molecule has 1 aliphatic heterocycles. The highest BCUT2D eigenvalue weighted by Crippen LogP contribution is 2.44. The van der Waals surface area contributed by atoms with E-state index in [-0.39, 0.29) is 16.4 Å². The standard InChI is InChI=1S/C22H15ClN2O6/c23-16-10-9-13(25(28)29)11-17(16)24-20(26)12-30-22(27)21-14-5-1-3-7-18(14)31-19-8-4-2-6-15(19)21/h1-11,21H,12H2,(H,24,26). The number of benzene rings is 3. The number of amides is 1. The van der Waals surface area contributed by atoms with Crippen molar-refractivity contribution in [3.05, 3.63) is 93.0 Å². The van der Waals surface area contributed by atoms with Crippen LogP contribution in [0.3, 0.4) is 0 Å². The van der Waals surface area contributed by atoms with Crippen LogP contribution in [0.4, 0.5) is 11.4 Å². The SMILES string of the molecule is O=C(COC(=O)C1c2ccccc2Oc2ccccc21)Nc1cc([N+](=O)[O-])ccc1Cl. The van der Waals surface area contributed by atoms with E-state index in [0.717, 1.165) is 6.07 Å². The first-order valence-electron chi connectivity index (χ1n) is 9.20. The van der Waals surface area contributed by atoms with Gasteiger partial charge in [-0.1, -0.05) is 48.0 Å². The van der Waals surface area contributed by atoms with Crippen molar-refractivity contribution in [1.82, 2.24) is 0 Å². The molecule has 0 saturated carbocycles. The van der Waals surface area contributed by atoms with Crippen LogP contribution >= 0.6 is 11.6 Å². The minimum atomic E-state index is -0.754. The third kappa shape index (κ3) is 4.19. The Hall–Kier alpha value is -3.91. The van der Waals surface area contributed by atoms with Crippen LogP contribution in [-0.4, -0.2) is 23.4 Å². The molecule has 1 heterocycles. The van der Waals surface area contributed by atoms with E-state index in [2.05, 4.69) is 5.32 Å². The number of para-hydroxylation sites is 2. The van der Waals surface area contributed by atoms with Gasteiger partial charge in [0, 0.05) is 23.3 Å². The number of nitrogens with one attached hydrogen (secondary N) is 1. The van der Waals surface area contributed by atoms with Crippen molar-refractivity contribution in [2.24, 2.45) is 0 Å². The number of ether oxygens (including phenoxy) is 2. The smallest absolute Gasteiger partial charge is 0.318 e. The number of rotatable bonds is 5. The van der Waals surface area contributed by atoms with Gasteiger partial charge in [-0.2, -0.15) is 0 Å². The fourth-order valence-corrected chi connectivity index (χ4v) is 3.46. The molecule has 3 aromatic carbocycles. The van der Waals surface area contributed by atoms with Crippen LogP contribution in [0, 0.1) is 10.1 Å². The fraction of sp³-hybridized carbons (Fsp3) is 0.0909. The fourth-order valence-electron chi connectivity index (χ4n) is 3.29. The number of nitro benzene ring substituents is 1. The predicted molar refractivity (Wildman–Crippen MR) is 112 cm³/mol. The number of carbonyl (C=O) groups is 2. The van der Waals surface area contributed by atoms with Crippen LogP contribution in [0.5, 0.6) is 11.5 Å². The monoisotopic (exact) mass is 438 g/mol. The highest BCUT2D eigenvalue weighted by Gasteiger charge is 2.33. The van der Waals surface area contributed by atoms with Crippen molar-refractivity contribution >= 4 is 34.9 Å². The Kier molecular flexibility index (Phi) is 5.55. The molecule has 0 unspecified atom stereocenters. The van der Waals surface area contributed by atoms with Crippen molar-refractivity contribution in [3.63, 3.8) is 0 Å². The van der Waals surface area contributed by atoms with E-state index in [0.29, 0.717) is 22.6 Å². The number of fused-ring (bicyclic) bond motifs is 2. The Balaban J connectivity index is 1.49. The van der Waals surface area contributed by atoms with Crippen molar-refractivity contribution in [1.29, 1.82) is 0 Å². The molecule has 1 N–H and O–H groups in total. The highest BCUT2D eigenvalue weighted by atomic mass is 35.5. The van der Waals surface area contributed by atoms with Crippen LogP contribution in [0.25, 0.3) is 0 Å².